The highest BCUT2D eigenvalue weighted by Gasteiger charge is 2.14. The highest BCUT2D eigenvalue weighted by molar-refractivity contribution is 7.80. The molecular formula is C23H26N4OS. The van der Waals surface area contributed by atoms with E-state index in [-0.39, 0.29) is 5.91 Å². The lowest BCUT2D eigenvalue weighted by atomic mass is 10.0. The highest BCUT2D eigenvalue weighted by Crippen LogP contribution is 2.25. The molecule has 3 aromatic rings. The number of amides is 1. The summed E-state index contributed by atoms with van der Waals surface area (Å²) in [6, 6.07) is 17.6. The lowest BCUT2D eigenvalue weighted by Crippen LogP contribution is -2.47. The van der Waals surface area contributed by atoms with Crippen molar-refractivity contribution in [3.8, 4) is 11.3 Å². The number of para-hydroxylation sites is 1. The van der Waals surface area contributed by atoms with Crippen LogP contribution in [0.1, 0.15) is 42.1 Å². The van der Waals surface area contributed by atoms with Gasteiger partial charge in [-0.3, -0.25) is 15.6 Å². The van der Waals surface area contributed by atoms with Crippen LogP contribution >= 0.6 is 12.2 Å². The van der Waals surface area contributed by atoms with Gasteiger partial charge in [0.1, 0.15) is 0 Å². The minimum atomic E-state index is -0.255. The first-order valence-corrected chi connectivity index (χ1v) is 10.3. The van der Waals surface area contributed by atoms with E-state index in [0.29, 0.717) is 10.7 Å². The average molecular weight is 407 g/mol. The van der Waals surface area contributed by atoms with E-state index in [0.717, 1.165) is 48.0 Å². The summed E-state index contributed by atoms with van der Waals surface area (Å²) in [4.78, 5) is 17.6. The third kappa shape index (κ3) is 5.51. The molecule has 0 aliphatic carbocycles. The molecule has 1 amide bonds. The monoisotopic (exact) mass is 406 g/mol. The number of carbonyl (C=O) groups is 1. The Labute approximate surface area is 176 Å². The first-order valence-electron chi connectivity index (χ1n) is 9.89. The zero-order valence-corrected chi connectivity index (χ0v) is 17.6. The number of nitrogens with zero attached hydrogens (tertiary/aromatic N) is 1. The van der Waals surface area contributed by atoms with Gasteiger partial charge in [-0.25, -0.2) is 4.98 Å². The molecular weight excluding hydrogens is 380 g/mol. The van der Waals surface area contributed by atoms with Gasteiger partial charge in [0.25, 0.3) is 5.91 Å². The van der Waals surface area contributed by atoms with Crippen molar-refractivity contribution in [2.45, 2.75) is 33.1 Å². The van der Waals surface area contributed by atoms with Crippen molar-refractivity contribution in [2.75, 3.05) is 6.54 Å². The molecule has 0 bridgehead atoms. The number of aromatic nitrogens is 1. The Bertz CT molecular complexity index is 1000. The van der Waals surface area contributed by atoms with E-state index in [1.165, 1.54) is 5.56 Å². The first kappa shape index (κ1) is 20.7. The number of benzene rings is 2. The van der Waals surface area contributed by atoms with Crippen molar-refractivity contribution in [1.29, 1.82) is 0 Å². The van der Waals surface area contributed by atoms with Crippen LogP contribution in [0.4, 0.5) is 0 Å². The van der Waals surface area contributed by atoms with E-state index in [1.54, 1.807) is 0 Å². The Balaban J connectivity index is 1.79. The Morgan fingerprint density at radius 1 is 1.03 bits per heavy atom. The van der Waals surface area contributed by atoms with Gasteiger partial charge in [0.2, 0.25) is 0 Å². The fourth-order valence-corrected chi connectivity index (χ4v) is 3.19. The number of fused-ring (bicyclic) bond motifs is 1. The van der Waals surface area contributed by atoms with Gasteiger partial charge in [-0.15, -0.1) is 0 Å². The van der Waals surface area contributed by atoms with Crippen LogP contribution in [0.5, 0.6) is 0 Å². The van der Waals surface area contributed by atoms with Gasteiger partial charge in [-0.1, -0.05) is 67.8 Å². The predicted octanol–water partition coefficient (Wildman–Crippen LogP) is 4.51. The molecule has 0 saturated carbocycles. The Morgan fingerprint density at radius 3 is 2.55 bits per heavy atom. The molecule has 29 heavy (non-hydrogen) atoms. The number of aryl methyl sites for hydroxylation is 1. The number of pyridine rings is 1. The van der Waals surface area contributed by atoms with Gasteiger partial charge in [0.05, 0.1) is 16.8 Å². The van der Waals surface area contributed by atoms with Gasteiger partial charge in [-0.2, -0.15) is 0 Å². The number of carbonyl (C=O) groups excluding carboxylic acids is 1. The summed E-state index contributed by atoms with van der Waals surface area (Å²) < 4.78 is 0. The number of hydrogen-bond donors (Lipinski definition) is 3. The molecule has 1 heterocycles. The molecule has 0 unspecified atom stereocenters. The zero-order chi connectivity index (χ0) is 20.6. The zero-order valence-electron chi connectivity index (χ0n) is 16.8. The van der Waals surface area contributed by atoms with Crippen LogP contribution in [0.25, 0.3) is 22.2 Å². The molecule has 1 aromatic heterocycles. The summed E-state index contributed by atoms with van der Waals surface area (Å²) in [6.45, 7) is 4.98. The molecule has 2 aromatic carbocycles. The van der Waals surface area contributed by atoms with Gasteiger partial charge >= 0.3 is 0 Å². The molecule has 0 atom stereocenters. The summed E-state index contributed by atoms with van der Waals surface area (Å²) in [5.74, 6) is -0.255. The minimum Gasteiger partial charge on any atom is -0.361 e. The van der Waals surface area contributed by atoms with Crippen LogP contribution in [0.2, 0.25) is 0 Å². The SMILES string of the molecule is CCCCCNC(=S)NNC(=O)c1cc(-c2ccc(C)cc2)nc2ccccc12. The Hall–Kier alpha value is -2.99. The maximum atomic E-state index is 12.9. The third-order valence-electron chi connectivity index (χ3n) is 4.66. The minimum absolute atomic E-state index is 0.255. The van der Waals surface area contributed by atoms with Crippen molar-refractivity contribution in [2.24, 2.45) is 0 Å². The van der Waals surface area contributed by atoms with Crippen molar-refractivity contribution in [3.05, 3.63) is 65.7 Å². The van der Waals surface area contributed by atoms with Gasteiger partial charge in [0, 0.05) is 17.5 Å². The Kier molecular flexibility index (Phi) is 7.14. The van der Waals surface area contributed by atoms with Crippen LogP contribution in [-0.2, 0) is 0 Å². The molecule has 0 saturated heterocycles. The summed E-state index contributed by atoms with van der Waals surface area (Å²) in [5.41, 5.74) is 9.72. The summed E-state index contributed by atoms with van der Waals surface area (Å²) in [7, 11) is 0. The van der Waals surface area contributed by atoms with Crippen molar-refractivity contribution < 1.29 is 4.79 Å². The van der Waals surface area contributed by atoms with Gasteiger partial charge in [0.15, 0.2) is 5.11 Å². The molecule has 150 valence electrons. The fourth-order valence-electron chi connectivity index (χ4n) is 3.04. The topological polar surface area (TPSA) is 66.0 Å². The maximum Gasteiger partial charge on any atom is 0.270 e. The summed E-state index contributed by atoms with van der Waals surface area (Å²) >= 11 is 5.23. The number of rotatable bonds is 6. The van der Waals surface area contributed by atoms with Crippen molar-refractivity contribution in [1.82, 2.24) is 21.2 Å². The van der Waals surface area contributed by atoms with Gasteiger partial charge in [-0.05, 0) is 37.7 Å². The second-order valence-electron chi connectivity index (χ2n) is 6.98. The lowest BCUT2D eigenvalue weighted by Gasteiger charge is -2.13. The normalized spacial score (nSPS) is 10.6. The van der Waals surface area contributed by atoms with Crippen molar-refractivity contribution in [3.63, 3.8) is 0 Å². The molecule has 0 spiro atoms. The Morgan fingerprint density at radius 2 is 1.79 bits per heavy atom. The number of hydrazine groups is 1. The van der Waals surface area contributed by atoms with E-state index in [4.69, 9.17) is 17.2 Å². The molecule has 0 radical (unpaired) electrons. The standard InChI is InChI=1S/C23H26N4OS/c1-3-4-7-14-24-23(29)27-26-22(28)19-15-21(17-12-10-16(2)11-13-17)25-20-9-6-5-8-18(19)20/h5-6,8-13,15H,3-4,7,14H2,1-2H3,(H,26,28)(H2,24,27,29). The summed E-state index contributed by atoms with van der Waals surface area (Å²) in [6.07, 6.45) is 3.34. The van der Waals surface area contributed by atoms with E-state index >= 15 is 0 Å². The van der Waals surface area contributed by atoms with Crippen LogP contribution in [0, 0.1) is 6.92 Å². The fraction of sp³-hybridized carbons (Fsp3) is 0.261. The highest BCUT2D eigenvalue weighted by atomic mass is 32.1. The molecule has 3 rings (SSSR count). The lowest BCUT2D eigenvalue weighted by molar-refractivity contribution is 0.0945. The molecule has 0 fully saturated rings. The molecule has 0 aliphatic heterocycles. The van der Waals surface area contributed by atoms with Crippen LogP contribution in [0.3, 0.4) is 0 Å². The molecule has 3 N–H and O–H groups in total. The summed E-state index contributed by atoms with van der Waals surface area (Å²) in [5, 5.41) is 4.30. The third-order valence-corrected chi connectivity index (χ3v) is 4.91. The number of hydrogen-bond acceptors (Lipinski definition) is 3. The van der Waals surface area contributed by atoms with Crippen LogP contribution in [-0.4, -0.2) is 22.5 Å². The van der Waals surface area contributed by atoms with E-state index in [9.17, 15) is 4.79 Å². The largest absolute Gasteiger partial charge is 0.361 e. The first-order chi connectivity index (χ1) is 14.1. The number of thiocarbonyl (C=S) groups is 1. The van der Waals surface area contributed by atoms with Crippen LogP contribution < -0.4 is 16.2 Å². The van der Waals surface area contributed by atoms with Gasteiger partial charge < -0.3 is 5.32 Å². The van der Waals surface area contributed by atoms with E-state index in [1.807, 2.05) is 61.5 Å². The molecule has 6 heteroatoms. The van der Waals surface area contributed by atoms with Crippen molar-refractivity contribution >= 4 is 34.1 Å². The molecule has 0 aliphatic rings. The smallest absolute Gasteiger partial charge is 0.270 e. The average Bonchev–Trinajstić information content (AvgIpc) is 2.75. The second-order valence-corrected chi connectivity index (χ2v) is 7.39. The second kappa shape index (κ2) is 9.98. The molecule has 5 nitrogen and oxygen atoms in total. The van der Waals surface area contributed by atoms with E-state index < -0.39 is 0 Å². The number of nitrogens with one attached hydrogen (secondary N) is 3. The predicted molar refractivity (Wildman–Crippen MR) is 123 cm³/mol. The van der Waals surface area contributed by atoms with E-state index in [2.05, 4.69) is 23.1 Å². The maximum absolute atomic E-state index is 12.9. The van der Waals surface area contributed by atoms with Crippen LogP contribution in [0.15, 0.2) is 54.6 Å². The quantitative estimate of drug-likeness (QED) is 0.319. The number of unbranched alkanes of at least 4 members (excludes halogenated alkanes) is 2.